The minimum Gasteiger partial charge on any atom is -0.289 e. The van der Waals surface area contributed by atoms with E-state index in [1.54, 1.807) is 25.1 Å². The van der Waals surface area contributed by atoms with E-state index in [1.165, 1.54) is 22.3 Å². The Morgan fingerprint density at radius 1 is 0.742 bits per heavy atom. The van der Waals surface area contributed by atoms with Crippen LogP contribution >= 0.6 is 0 Å². The van der Waals surface area contributed by atoms with Gasteiger partial charge in [0.25, 0.3) is 0 Å². The van der Waals surface area contributed by atoms with Gasteiger partial charge in [0.05, 0.1) is 0 Å². The fourth-order valence-electron chi connectivity index (χ4n) is 3.59. The lowest BCUT2D eigenvalue weighted by Crippen LogP contribution is -2.20. The molecule has 0 aliphatic heterocycles. The highest BCUT2D eigenvalue weighted by molar-refractivity contribution is 6.26. The molecule has 1 aliphatic rings. The van der Waals surface area contributed by atoms with Crippen LogP contribution in [0.3, 0.4) is 0 Å². The predicted octanol–water partition coefficient (Wildman–Crippen LogP) is 8.14. The molecule has 0 saturated heterocycles. The van der Waals surface area contributed by atoms with Crippen molar-refractivity contribution in [2.45, 2.75) is 73.6 Å². The summed E-state index contributed by atoms with van der Waals surface area (Å²) in [5, 5.41) is 0. The molecule has 1 aromatic carbocycles. The molecule has 0 bridgehead atoms. The average molecular weight is 417 g/mol. The molecule has 0 spiro atoms. The zero-order chi connectivity index (χ0) is 23.0. The molecule has 1 aliphatic carbocycles. The van der Waals surface area contributed by atoms with Crippen molar-refractivity contribution in [3.05, 3.63) is 93.1 Å². The second-order valence-electron chi connectivity index (χ2n) is 8.89. The van der Waals surface area contributed by atoms with Crippen LogP contribution in [0.4, 0.5) is 0 Å². The van der Waals surface area contributed by atoms with Crippen molar-refractivity contribution < 1.29 is 9.59 Å². The van der Waals surface area contributed by atoms with E-state index in [1.807, 2.05) is 6.07 Å². The lowest BCUT2D eigenvalue weighted by atomic mass is 9.83. The van der Waals surface area contributed by atoms with Crippen molar-refractivity contribution in [3.63, 3.8) is 0 Å². The zero-order valence-electron chi connectivity index (χ0n) is 20.0. The summed E-state index contributed by atoms with van der Waals surface area (Å²) in [6.07, 6.45) is 13.5. The Morgan fingerprint density at radius 3 is 1.97 bits per heavy atom. The lowest BCUT2D eigenvalue weighted by Gasteiger charge is -2.18. The quantitative estimate of drug-likeness (QED) is 0.381. The summed E-state index contributed by atoms with van der Waals surface area (Å²) in [6.45, 7) is 12.5. The molecule has 0 saturated carbocycles. The largest absolute Gasteiger partial charge is 0.289 e. The number of hydrogen-bond donors (Lipinski definition) is 0. The van der Waals surface area contributed by atoms with Crippen molar-refractivity contribution in [2.75, 3.05) is 0 Å². The van der Waals surface area contributed by atoms with Gasteiger partial charge in [-0.05, 0) is 73.6 Å². The van der Waals surface area contributed by atoms with Crippen molar-refractivity contribution in [1.82, 2.24) is 0 Å². The molecule has 0 radical (unpaired) electrons. The van der Waals surface area contributed by atoms with Gasteiger partial charge < -0.3 is 0 Å². The van der Waals surface area contributed by atoms with E-state index in [-0.39, 0.29) is 11.6 Å². The second-order valence-corrected chi connectivity index (χ2v) is 8.89. The van der Waals surface area contributed by atoms with Crippen LogP contribution in [-0.4, -0.2) is 11.6 Å². The number of Topliss-reactive ketones (excluding diaryl/α,β-unsaturated/α-hetero) is 2. The Morgan fingerprint density at radius 2 is 1.32 bits per heavy atom. The lowest BCUT2D eigenvalue weighted by molar-refractivity contribution is 0.0973. The van der Waals surface area contributed by atoms with Crippen molar-refractivity contribution in [3.8, 4) is 0 Å². The Hall–Kier alpha value is -2.74. The molecule has 31 heavy (non-hydrogen) atoms. The minimum absolute atomic E-state index is 0.0151. The van der Waals surface area contributed by atoms with Crippen LogP contribution in [0.25, 0.3) is 0 Å². The first kappa shape index (κ1) is 24.5. The molecule has 1 aromatic rings. The summed E-state index contributed by atoms with van der Waals surface area (Å²) in [6, 6.07) is 7.11. The molecule has 0 aromatic heterocycles. The van der Waals surface area contributed by atoms with Gasteiger partial charge in [0.15, 0.2) is 11.6 Å². The van der Waals surface area contributed by atoms with Crippen LogP contribution < -0.4 is 0 Å². The number of rotatable bonds is 9. The molecule has 2 heteroatoms. The molecule has 0 amide bonds. The number of hydrogen-bond acceptors (Lipinski definition) is 2. The summed E-state index contributed by atoms with van der Waals surface area (Å²) < 4.78 is 0. The highest BCUT2D eigenvalue weighted by Gasteiger charge is 2.28. The molecule has 0 heterocycles. The van der Waals surface area contributed by atoms with Gasteiger partial charge in [0.2, 0.25) is 0 Å². The molecule has 164 valence electrons. The van der Waals surface area contributed by atoms with Gasteiger partial charge in [0.1, 0.15) is 0 Å². The van der Waals surface area contributed by atoms with Gasteiger partial charge in [-0.3, -0.25) is 9.59 Å². The van der Waals surface area contributed by atoms with Gasteiger partial charge in [0, 0.05) is 22.3 Å². The standard InChI is InChI=1S/C29H36O2/c1-20(2)14-15-21(3)10-9-11-22(4)16-17-23(5)18-19-25-24(6)28(30)26-12-7-8-13-27(26)29(25)31/h7-8,10,12-14,16,18H,9,11,15,17,19H2,1-6H3/b21-10-,22-16-,23-18+. The first-order chi connectivity index (χ1) is 14.7. The van der Waals surface area contributed by atoms with Crippen LogP contribution in [0.5, 0.6) is 0 Å². The molecular formula is C29H36O2. The van der Waals surface area contributed by atoms with Gasteiger partial charge in [-0.25, -0.2) is 0 Å². The minimum atomic E-state index is -0.0278. The normalized spacial score (nSPS) is 15.4. The van der Waals surface area contributed by atoms with Crippen molar-refractivity contribution >= 4 is 11.6 Å². The third-order valence-electron chi connectivity index (χ3n) is 5.77. The van der Waals surface area contributed by atoms with E-state index in [9.17, 15) is 9.59 Å². The third kappa shape index (κ3) is 7.17. The number of carbonyl (C=O) groups excluding carboxylic acids is 2. The van der Waals surface area contributed by atoms with E-state index < -0.39 is 0 Å². The molecular weight excluding hydrogens is 380 g/mol. The van der Waals surface area contributed by atoms with Crippen molar-refractivity contribution in [1.29, 1.82) is 0 Å². The molecule has 0 atom stereocenters. The highest BCUT2D eigenvalue weighted by Crippen LogP contribution is 2.28. The van der Waals surface area contributed by atoms with Crippen LogP contribution in [0, 0.1) is 0 Å². The topological polar surface area (TPSA) is 34.1 Å². The van der Waals surface area contributed by atoms with Gasteiger partial charge in [-0.1, -0.05) is 70.9 Å². The Balaban J connectivity index is 1.93. The zero-order valence-corrected chi connectivity index (χ0v) is 20.0. The van der Waals surface area contributed by atoms with Gasteiger partial charge >= 0.3 is 0 Å². The fraction of sp³-hybridized carbons (Fsp3) is 0.379. The maximum absolute atomic E-state index is 12.8. The Bertz CT molecular complexity index is 989. The SMILES string of the molecule is CC(C)=CC/C(C)=C\CC/C(C)=C\C/C(C)=C/CC1=C(C)C(=O)c2ccccc2C1=O. The molecule has 2 rings (SSSR count). The molecule has 0 N–H and O–H groups in total. The number of fused-ring (bicyclic) bond motifs is 1. The Kier molecular flexibility index (Phi) is 9.18. The first-order valence-corrected chi connectivity index (χ1v) is 11.2. The molecule has 0 fully saturated rings. The van der Waals surface area contributed by atoms with Crippen LogP contribution in [0.2, 0.25) is 0 Å². The van der Waals surface area contributed by atoms with E-state index in [4.69, 9.17) is 0 Å². The smallest absolute Gasteiger partial charge is 0.190 e. The number of ketones is 2. The summed E-state index contributed by atoms with van der Waals surface area (Å²) in [5.41, 5.74) is 7.64. The predicted molar refractivity (Wildman–Crippen MR) is 132 cm³/mol. The van der Waals surface area contributed by atoms with Gasteiger partial charge in [-0.2, -0.15) is 0 Å². The summed E-state index contributed by atoms with van der Waals surface area (Å²) in [5.74, 6) is -0.0429. The highest BCUT2D eigenvalue weighted by atomic mass is 16.1. The maximum atomic E-state index is 12.8. The number of benzene rings is 1. The van der Waals surface area contributed by atoms with Crippen LogP contribution in [0.15, 0.2) is 82.0 Å². The molecule has 0 unspecified atom stereocenters. The maximum Gasteiger partial charge on any atom is 0.190 e. The molecule has 2 nitrogen and oxygen atoms in total. The van der Waals surface area contributed by atoms with Crippen LogP contribution in [0.1, 0.15) is 94.4 Å². The van der Waals surface area contributed by atoms with Crippen molar-refractivity contribution in [2.24, 2.45) is 0 Å². The summed E-state index contributed by atoms with van der Waals surface area (Å²) in [7, 11) is 0. The average Bonchev–Trinajstić information content (AvgIpc) is 2.74. The number of carbonyl (C=O) groups is 2. The van der Waals surface area contributed by atoms with Crippen LogP contribution in [-0.2, 0) is 0 Å². The Labute approximate surface area is 188 Å². The monoisotopic (exact) mass is 416 g/mol. The number of allylic oxidation sites excluding steroid dienone is 10. The fourth-order valence-corrected chi connectivity index (χ4v) is 3.59. The summed E-state index contributed by atoms with van der Waals surface area (Å²) in [4.78, 5) is 25.5. The first-order valence-electron chi connectivity index (χ1n) is 11.2. The summed E-state index contributed by atoms with van der Waals surface area (Å²) >= 11 is 0. The second kappa shape index (κ2) is 11.6. The van der Waals surface area contributed by atoms with E-state index in [0.29, 0.717) is 28.7 Å². The van der Waals surface area contributed by atoms with E-state index in [2.05, 4.69) is 58.9 Å². The third-order valence-corrected chi connectivity index (χ3v) is 5.77. The van der Waals surface area contributed by atoms with E-state index in [0.717, 1.165) is 25.7 Å². The van der Waals surface area contributed by atoms with Gasteiger partial charge in [-0.15, -0.1) is 0 Å². The van der Waals surface area contributed by atoms with E-state index >= 15 is 0 Å².